The molecule has 0 bridgehead atoms. The molecule has 2 aromatic carbocycles. The van der Waals surface area contributed by atoms with E-state index in [0.29, 0.717) is 22.0 Å². The van der Waals surface area contributed by atoms with E-state index in [2.05, 4.69) is 10.1 Å². The molecule has 0 radical (unpaired) electrons. The number of benzene rings is 2. The fraction of sp³-hybridized carbons (Fsp3) is 0.273. The van der Waals surface area contributed by atoms with Crippen molar-refractivity contribution in [1.82, 2.24) is 0 Å². The number of hydrogen-bond acceptors (Lipinski definition) is 6. The van der Waals surface area contributed by atoms with Crippen LogP contribution in [0.25, 0.3) is 0 Å². The quantitative estimate of drug-likeness (QED) is 0.687. The van der Waals surface area contributed by atoms with Crippen LogP contribution in [0, 0.1) is 12.8 Å². The van der Waals surface area contributed by atoms with Crippen LogP contribution in [-0.4, -0.2) is 44.0 Å². The highest BCUT2D eigenvalue weighted by Crippen LogP contribution is 2.26. The molecule has 1 atom stereocenters. The van der Waals surface area contributed by atoms with E-state index in [-0.39, 0.29) is 18.9 Å². The minimum absolute atomic E-state index is 0.0212. The molecular weight excluding hydrogens is 424 g/mol. The van der Waals surface area contributed by atoms with Crippen molar-refractivity contribution < 1.29 is 28.7 Å². The maximum Gasteiger partial charge on any atom is 0.337 e. The third-order valence-corrected chi connectivity index (χ3v) is 5.11. The van der Waals surface area contributed by atoms with Gasteiger partial charge in [0.05, 0.1) is 18.6 Å². The van der Waals surface area contributed by atoms with Crippen molar-refractivity contribution in [3.8, 4) is 0 Å². The summed E-state index contributed by atoms with van der Waals surface area (Å²) in [6, 6.07) is 11.4. The Labute approximate surface area is 184 Å². The van der Waals surface area contributed by atoms with E-state index in [9.17, 15) is 19.2 Å². The predicted molar refractivity (Wildman–Crippen MR) is 114 cm³/mol. The number of anilines is 2. The number of carbonyl (C=O) groups excluding carboxylic acids is 4. The molecule has 162 valence electrons. The summed E-state index contributed by atoms with van der Waals surface area (Å²) in [5.41, 5.74) is 2.27. The van der Waals surface area contributed by atoms with Crippen molar-refractivity contribution in [3.63, 3.8) is 0 Å². The Bertz CT molecular complexity index is 1020. The van der Waals surface area contributed by atoms with Gasteiger partial charge in [0.15, 0.2) is 6.61 Å². The molecule has 8 nitrogen and oxygen atoms in total. The minimum atomic E-state index is -0.687. The minimum Gasteiger partial charge on any atom is -0.465 e. The second-order valence-electron chi connectivity index (χ2n) is 7.06. The number of carbonyl (C=O) groups is 4. The SMILES string of the molecule is COC(=O)c1ccc(N2C[C@H](C(=O)OCC(=O)Nc3cc(Cl)ccc3C)CC2=O)cc1. The van der Waals surface area contributed by atoms with Gasteiger partial charge in [0, 0.05) is 29.4 Å². The van der Waals surface area contributed by atoms with Crippen LogP contribution in [0.3, 0.4) is 0 Å². The summed E-state index contributed by atoms with van der Waals surface area (Å²) in [6.07, 6.45) is -0.0212. The molecule has 1 heterocycles. The van der Waals surface area contributed by atoms with E-state index < -0.39 is 30.4 Å². The highest BCUT2D eigenvalue weighted by Gasteiger charge is 2.36. The summed E-state index contributed by atoms with van der Waals surface area (Å²) >= 11 is 5.93. The summed E-state index contributed by atoms with van der Waals surface area (Å²) in [6.45, 7) is 1.47. The number of amides is 2. The molecule has 2 aromatic rings. The fourth-order valence-corrected chi connectivity index (χ4v) is 3.35. The van der Waals surface area contributed by atoms with Gasteiger partial charge in [-0.1, -0.05) is 17.7 Å². The Morgan fingerprint density at radius 1 is 1.16 bits per heavy atom. The lowest BCUT2D eigenvalue weighted by Crippen LogP contribution is -2.28. The number of nitrogens with zero attached hydrogens (tertiary/aromatic N) is 1. The zero-order valence-electron chi connectivity index (χ0n) is 17.0. The molecular formula is C22H21ClN2O6. The zero-order chi connectivity index (χ0) is 22.5. The summed E-state index contributed by atoms with van der Waals surface area (Å²) in [5, 5.41) is 3.12. The number of ether oxygens (including phenoxy) is 2. The second kappa shape index (κ2) is 9.61. The summed E-state index contributed by atoms with van der Waals surface area (Å²) in [4.78, 5) is 49.8. The molecule has 0 aromatic heterocycles. The van der Waals surface area contributed by atoms with E-state index in [1.165, 1.54) is 12.0 Å². The maximum absolute atomic E-state index is 12.4. The molecule has 0 unspecified atom stereocenters. The number of rotatable bonds is 6. The molecule has 0 aliphatic carbocycles. The number of methoxy groups -OCH3 is 1. The number of nitrogens with one attached hydrogen (secondary N) is 1. The number of aryl methyl sites for hydroxylation is 1. The third kappa shape index (κ3) is 5.40. The molecule has 1 aliphatic rings. The molecule has 0 spiro atoms. The van der Waals surface area contributed by atoms with Gasteiger partial charge in [-0.25, -0.2) is 4.79 Å². The van der Waals surface area contributed by atoms with Crippen LogP contribution >= 0.6 is 11.6 Å². The molecule has 1 aliphatic heterocycles. The van der Waals surface area contributed by atoms with Gasteiger partial charge >= 0.3 is 11.9 Å². The summed E-state index contributed by atoms with van der Waals surface area (Å²) in [5.74, 6) is -2.54. The van der Waals surface area contributed by atoms with Gasteiger partial charge in [0.1, 0.15) is 0 Å². The number of esters is 2. The normalized spacial score (nSPS) is 15.5. The predicted octanol–water partition coefficient (Wildman–Crippen LogP) is 2.97. The standard InChI is InChI=1S/C22H21ClN2O6/c1-13-3-6-16(23)10-18(13)24-19(26)12-31-22(29)15-9-20(27)25(11-15)17-7-4-14(5-8-17)21(28)30-2/h3-8,10,15H,9,11-12H2,1-2H3,(H,24,26)/t15-/m1/s1. The first kappa shape index (κ1) is 22.3. The second-order valence-corrected chi connectivity index (χ2v) is 7.50. The van der Waals surface area contributed by atoms with Crippen LogP contribution < -0.4 is 10.2 Å². The van der Waals surface area contributed by atoms with Gasteiger partial charge in [0.25, 0.3) is 5.91 Å². The smallest absolute Gasteiger partial charge is 0.337 e. The Hall–Kier alpha value is -3.39. The van der Waals surface area contributed by atoms with Crippen molar-refractivity contribution in [3.05, 3.63) is 58.6 Å². The van der Waals surface area contributed by atoms with Crippen LogP contribution in [0.5, 0.6) is 0 Å². The zero-order valence-corrected chi connectivity index (χ0v) is 17.8. The fourth-order valence-electron chi connectivity index (χ4n) is 3.18. The lowest BCUT2D eigenvalue weighted by molar-refractivity contribution is -0.151. The van der Waals surface area contributed by atoms with Gasteiger partial charge < -0.3 is 19.7 Å². The highest BCUT2D eigenvalue weighted by molar-refractivity contribution is 6.31. The Kier molecular flexibility index (Phi) is 6.91. The number of hydrogen-bond donors (Lipinski definition) is 1. The van der Waals surface area contributed by atoms with E-state index in [1.807, 2.05) is 6.92 Å². The summed E-state index contributed by atoms with van der Waals surface area (Å²) in [7, 11) is 1.28. The Balaban J connectivity index is 1.54. The average molecular weight is 445 g/mol. The first-order valence-electron chi connectivity index (χ1n) is 9.50. The van der Waals surface area contributed by atoms with Gasteiger partial charge in [-0.2, -0.15) is 0 Å². The molecule has 2 amide bonds. The molecule has 1 fully saturated rings. The monoisotopic (exact) mass is 444 g/mol. The van der Waals surface area contributed by atoms with E-state index in [1.54, 1.807) is 42.5 Å². The van der Waals surface area contributed by atoms with Crippen LogP contribution in [0.4, 0.5) is 11.4 Å². The molecule has 31 heavy (non-hydrogen) atoms. The highest BCUT2D eigenvalue weighted by atomic mass is 35.5. The first-order valence-corrected chi connectivity index (χ1v) is 9.87. The van der Waals surface area contributed by atoms with Gasteiger partial charge in [-0.05, 0) is 48.9 Å². The van der Waals surface area contributed by atoms with Crippen LogP contribution in [0.15, 0.2) is 42.5 Å². The molecule has 3 rings (SSSR count). The van der Waals surface area contributed by atoms with Gasteiger partial charge in [-0.3, -0.25) is 14.4 Å². The van der Waals surface area contributed by atoms with Gasteiger partial charge in [0.2, 0.25) is 5.91 Å². The lowest BCUT2D eigenvalue weighted by atomic mass is 10.1. The Morgan fingerprint density at radius 2 is 1.87 bits per heavy atom. The van der Waals surface area contributed by atoms with E-state index >= 15 is 0 Å². The third-order valence-electron chi connectivity index (χ3n) is 4.88. The van der Waals surface area contributed by atoms with Crippen LogP contribution in [0.2, 0.25) is 5.02 Å². The van der Waals surface area contributed by atoms with Crippen molar-refractivity contribution >= 4 is 46.7 Å². The van der Waals surface area contributed by atoms with Crippen molar-refractivity contribution in [2.45, 2.75) is 13.3 Å². The van der Waals surface area contributed by atoms with E-state index in [0.717, 1.165) is 5.56 Å². The first-order chi connectivity index (χ1) is 14.8. The van der Waals surface area contributed by atoms with Crippen molar-refractivity contribution in [2.75, 3.05) is 30.5 Å². The molecule has 1 saturated heterocycles. The molecule has 1 N–H and O–H groups in total. The van der Waals surface area contributed by atoms with Crippen molar-refractivity contribution in [2.24, 2.45) is 5.92 Å². The van der Waals surface area contributed by atoms with E-state index in [4.69, 9.17) is 16.3 Å². The van der Waals surface area contributed by atoms with Crippen LogP contribution in [0.1, 0.15) is 22.3 Å². The Morgan fingerprint density at radius 3 is 2.55 bits per heavy atom. The number of halogens is 1. The average Bonchev–Trinajstić information content (AvgIpc) is 3.16. The molecule has 9 heteroatoms. The lowest BCUT2D eigenvalue weighted by Gasteiger charge is -2.17. The largest absolute Gasteiger partial charge is 0.465 e. The van der Waals surface area contributed by atoms with Crippen molar-refractivity contribution in [1.29, 1.82) is 0 Å². The van der Waals surface area contributed by atoms with Crippen LogP contribution in [-0.2, 0) is 23.9 Å². The molecule has 0 saturated carbocycles. The maximum atomic E-state index is 12.4. The summed E-state index contributed by atoms with van der Waals surface area (Å²) < 4.78 is 9.75. The van der Waals surface area contributed by atoms with Gasteiger partial charge in [-0.15, -0.1) is 0 Å². The topological polar surface area (TPSA) is 102 Å².